The van der Waals surface area contributed by atoms with E-state index in [1.54, 1.807) is 19.4 Å². The summed E-state index contributed by atoms with van der Waals surface area (Å²) in [6.45, 7) is 3.69. The van der Waals surface area contributed by atoms with Crippen molar-refractivity contribution < 1.29 is 9.47 Å². The van der Waals surface area contributed by atoms with Gasteiger partial charge in [0, 0.05) is 18.8 Å². The van der Waals surface area contributed by atoms with Crippen molar-refractivity contribution >= 4 is 5.95 Å². The average Bonchev–Trinajstić information content (AvgIpc) is 2.45. The quantitative estimate of drug-likeness (QED) is 0.801. The number of hydrogen-bond acceptors (Lipinski definition) is 5. The average molecular weight is 265 g/mol. The Morgan fingerprint density at radius 1 is 1.37 bits per heavy atom. The van der Waals surface area contributed by atoms with Crippen molar-refractivity contribution in [3.63, 3.8) is 0 Å². The van der Waals surface area contributed by atoms with Gasteiger partial charge in [-0.2, -0.15) is 4.98 Å². The molecule has 1 saturated carbocycles. The van der Waals surface area contributed by atoms with E-state index in [-0.39, 0.29) is 0 Å². The second kappa shape index (κ2) is 7.28. The van der Waals surface area contributed by atoms with E-state index >= 15 is 0 Å². The molecule has 0 radical (unpaired) electrons. The molecule has 106 valence electrons. The van der Waals surface area contributed by atoms with E-state index in [4.69, 9.17) is 9.47 Å². The third-order valence-corrected chi connectivity index (χ3v) is 3.59. The number of ether oxygens (including phenoxy) is 2. The van der Waals surface area contributed by atoms with Crippen LogP contribution in [-0.2, 0) is 4.74 Å². The molecule has 2 atom stereocenters. The van der Waals surface area contributed by atoms with Crippen LogP contribution in [0.4, 0.5) is 5.95 Å². The normalized spacial score (nSPS) is 23.1. The summed E-state index contributed by atoms with van der Waals surface area (Å²) in [5.74, 6) is 1.83. The zero-order valence-corrected chi connectivity index (χ0v) is 11.8. The Labute approximate surface area is 114 Å². The summed E-state index contributed by atoms with van der Waals surface area (Å²) >= 11 is 0. The summed E-state index contributed by atoms with van der Waals surface area (Å²) in [6.07, 6.45) is 7.21. The number of methoxy groups -OCH3 is 1. The van der Waals surface area contributed by atoms with Gasteiger partial charge in [-0.3, -0.25) is 0 Å². The molecule has 0 aliphatic heterocycles. The Morgan fingerprint density at radius 2 is 2.21 bits per heavy atom. The van der Waals surface area contributed by atoms with Crippen LogP contribution in [0.3, 0.4) is 0 Å². The van der Waals surface area contributed by atoms with Crippen LogP contribution in [0.25, 0.3) is 0 Å². The van der Waals surface area contributed by atoms with Crippen molar-refractivity contribution in [1.29, 1.82) is 0 Å². The predicted octanol–water partition coefficient (Wildman–Crippen LogP) is 2.49. The first kappa shape index (κ1) is 14.1. The SMILES string of the molecule is COc1ccnc(NCCO[C@H]2CCCC[C@H]2C)n1. The lowest BCUT2D eigenvalue weighted by atomic mass is 9.88. The van der Waals surface area contributed by atoms with Gasteiger partial charge in [0.2, 0.25) is 11.8 Å². The Bertz CT molecular complexity index is 387. The van der Waals surface area contributed by atoms with Crippen LogP contribution >= 0.6 is 0 Å². The molecule has 19 heavy (non-hydrogen) atoms. The van der Waals surface area contributed by atoms with Crippen LogP contribution in [0.5, 0.6) is 5.88 Å². The van der Waals surface area contributed by atoms with Gasteiger partial charge in [-0.15, -0.1) is 0 Å². The van der Waals surface area contributed by atoms with Crippen molar-refractivity contribution in [1.82, 2.24) is 9.97 Å². The molecule has 5 nitrogen and oxygen atoms in total. The summed E-state index contributed by atoms with van der Waals surface area (Å²) in [5, 5.41) is 3.15. The van der Waals surface area contributed by atoms with Gasteiger partial charge in [-0.1, -0.05) is 19.8 Å². The van der Waals surface area contributed by atoms with Gasteiger partial charge in [0.15, 0.2) is 0 Å². The minimum atomic E-state index is 0.418. The maximum absolute atomic E-state index is 5.92. The largest absolute Gasteiger partial charge is 0.481 e. The molecule has 1 N–H and O–H groups in total. The summed E-state index contributed by atoms with van der Waals surface area (Å²) in [6, 6.07) is 1.73. The number of nitrogens with one attached hydrogen (secondary N) is 1. The van der Waals surface area contributed by atoms with Crippen molar-refractivity contribution in [3.8, 4) is 5.88 Å². The zero-order valence-electron chi connectivity index (χ0n) is 11.8. The topological polar surface area (TPSA) is 56.3 Å². The Hall–Kier alpha value is -1.36. The van der Waals surface area contributed by atoms with Crippen LogP contribution < -0.4 is 10.1 Å². The van der Waals surface area contributed by atoms with Gasteiger partial charge >= 0.3 is 0 Å². The molecule has 0 spiro atoms. The van der Waals surface area contributed by atoms with E-state index in [0.29, 0.717) is 30.5 Å². The number of anilines is 1. The number of rotatable bonds is 6. The second-order valence-electron chi connectivity index (χ2n) is 5.02. The fraction of sp³-hybridized carbons (Fsp3) is 0.714. The monoisotopic (exact) mass is 265 g/mol. The highest BCUT2D eigenvalue weighted by Gasteiger charge is 2.21. The fourth-order valence-electron chi connectivity index (χ4n) is 2.44. The Balaban J connectivity index is 1.68. The summed E-state index contributed by atoms with van der Waals surface area (Å²) in [4.78, 5) is 8.32. The molecule has 0 bridgehead atoms. The van der Waals surface area contributed by atoms with Gasteiger partial charge in [0.1, 0.15) is 0 Å². The van der Waals surface area contributed by atoms with Crippen LogP contribution in [0.1, 0.15) is 32.6 Å². The highest BCUT2D eigenvalue weighted by atomic mass is 16.5. The smallest absolute Gasteiger partial charge is 0.226 e. The van der Waals surface area contributed by atoms with Crippen molar-refractivity contribution in [2.24, 2.45) is 5.92 Å². The first-order valence-electron chi connectivity index (χ1n) is 7.02. The van der Waals surface area contributed by atoms with E-state index < -0.39 is 0 Å². The number of aromatic nitrogens is 2. The third kappa shape index (κ3) is 4.35. The number of hydrogen-bond donors (Lipinski definition) is 1. The molecule has 1 aliphatic rings. The Kier molecular flexibility index (Phi) is 5.39. The molecule has 1 fully saturated rings. The van der Waals surface area contributed by atoms with E-state index in [2.05, 4.69) is 22.2 Å². The molecular weight excluding hydrogens is 242 g/mol. The van der Waals surface area contributed by atoms with Crippen LogP contribution in [0.15, 0.2) is 12.3 Å². The second-order valence-corrected chi connectivity index (χ2v) is 5.02. The van der Waals surface area contributed by atoms with Crippen molar-refractivity contribution in [2.45, 2.75) is 38.7 Å². The standard InChI is InChI=1S/C14H23N3O2/c1-11-5-3-4-6-12(11)19-10-9-16-14-15-8-7-13(17-14)18-2/h7-8,11-12H,3-6,9-10H2,1-2H3,(H,15,16,17)/t11-,12+/m1/s1. The first-order valence-corrected chi connectivity index (χ1v) is 7.02. The molecule has 0 amide bonds. The van der Waals surface area contributed by atoms with Crippen LogP contribution in [0, 0.1) is 5.92 Å². The maximum atomic E-state index is 5.92. The fourth-order valence-corrected chi connectivity index (χ4v) is 2.44. The molecule has 5 heteroatoms. The Morgan fingerprint density at radius 3 is 3.00 bits per heavy atom. The molecule has 1 aromatic heterocycles. The lowest BCUT2D eigenvalue weighted by molar-refractivity contribution is 0.000348. The summed E-state index contributed by atoms with van der Waals surface area (Å²) in [7, 11) is 1.60. The van der Waals surface area contributed by atoms with E-state index in [9.17, 15) is 0 Å². The maximum Gasteiger partial charge on any atom is 0.226 e. The molecule has 1 aliphatic carbocycles. The molecule has 1 heterocycles. The van der Waals surface area contributed by atoms with E-state index in [0.717, 1.165) is 6.54 Å². The van der Waals surface area contributed by atoms with E-state index in [1.165, 1.54) is 25.7 Å². The van der Waals surface area contributed by atoms with Gasteiger partial charge < -0.3 is 14.8 Å². The molecular formula is C14H23N3O2. The summed E-state index contributed by atoms with van der Waals surface area (Å²) in [5.41, 5.74) is 0. The molecule has 1 aromatic rings. The van der Waals surface area contributed by atoms with Crippen LogP contribution in [-0.4, -0.2) is 36.3 Å². The highest BCUT2D eigenvalue weighted by molar-refractivity contribution is 5.27. The van der Waals surface area contributed by atoms with Crippen LogP contribution in [0.2, 0.25) is 0 Å². The minimum absolute atomic E-state index is 0.418. The molecule has 0 unspecified atom stereocenters. The predicted molar refractivity (Wildman–Crippen MR) is 74.4 cm³/mol. The third-order valence-electron chi connectivity index (χ3n) is 3.59. The number of nitrogens with zero attached hydrogens (tertiary/aromatic N) is 2. The zero-order chi connectivity index (χ0) is 13.5. The molecule has 2 rings (SSSR count). The summed E-state index contributed by atoms with van der Waals surface area (Å²) < 4.78 is 11.0. The lowest BCUT2D eigenvalue weighted by Crippen LogP contribution is -2.27. The van der Waals surface area contributed by atoms with Gasteiger partial charge in [-0.25, -0.2) is 4.98 Å². The highest BCUT2D eigenvalue weighted by Crippen LogP contribution is 2.26. The first-order chi connectivity index (χ1) is 9.29. The van der Waals surface area contributed by atoms with Crippen molar-refractivity contribution in [2.75, 3.05) is 25.6 Å². The lowest BCUT2D eigenvalue weighted by Gasteiger charge is -2.28. The van der Waals surface area contributed by atoms with Gasteiger partial charge in [-0.05, 0) is 18.8 Å². The van der Waals surface area contributed by atoms with Gasteiger partial charge in [0.25, 0.3) is 0 Å². The van der Waals surface area contributed by atoms with Crippen molar-refractivity contribution in [3.05, 3.63) is 12.3 Å². The van der Waals surface area contributed by atoms with E-state index in [1.807, 2.05) is 0 Å². The van der Waals surface area contributed by atoms with Gasteiger partial charge in [0.05, 0.1) is 19.8 Å². The molecule has 0 saturated heterocycles. The molecule has 0 aromatic carbocycles. The minimum Gasteiger partial charge on any atom is -0.481 e.